The van der Waals surface area contributed by atoms with Crippen LogP contribution >= 0.6 is 11.6 Å². The summed E-state index contributed by atoms with van der Waals surface area (Å²) in [5.74, 6) is -0.227. The summed E-state index contributed by atoms with van der Waals surface area (Å²) in [4.78, 5) is 4.61. The third kappa shape index (κ3) is 5.68. The number of nitrogens with zero attached hydrogens (tertiary/aromatic N) is 2. The highest BCUT2D eigenvalue weighted by Crippen LogP contribution is 2.16. The van der Waals surface area contributed by atoms with Gasteiger partial charge in [0.1, 0.15) is 12.7 Å². The van der Waals surface area contributed by atoms with Gasteiger partial charge in [-0.25, -0.2) is 4.39 Å². The van der Waals surface area contributed by atoms with Gasteiger partial charge >= 0.3 is 0 Å². The van der Waals surface area contributed by atoms with Crippen LogP contribution in [0.1, 0.15) is 5.56 Å². The maximum Gasteiger partial charge on any atom is 0.165 e. The summed E-state index contributed by atoms with van der Waals surface area (Å²) in [6, 6.07) is 14.2. The van der Waals surface area contributed by atoms with E-state index in [0.29, 0.717) is 6.54 Å². The van der Waals surface area contributed by atoms with Gasteiger partial charge in [0.15, 0.2) is 11.6 Å². The first kappa shape index (κ1) is 19.1. The summed E-state index contributed by atoms with van der Waals surface area (Å²) >= 11 is 5.92. The molecule has 1 fully saturated rings. The molecule has 0 aliphatic carbocycles. The number of ether oxygens (including phenoxy) is 1. The quantitative estimate of drug-likeness (QED) is 0.803. The maximum atomic E-state index is 13.5. The van der Waals surface area contributed by atoms with Gasteiger partial charge in [-0.05, 0) is 29.8 Å². The molecule has 0 amide bonds. The van der Waals surface area contributed by atoms with Crippen LogP contribution in [0.2, 0.25) is 5.02 Å². The summed E-state index contributed by atoms with van der Waals surface area (Å²) in [6.45, 7) is 5.21. The molecule has 0 aromatic heterocycles. The van der Waals surface area contributed by atoms with E-state index in [1.807, 2.05) is 12.1 Å². The lowest BCUT2D eigenvalue weighted by Crippen LogP contribution is -2.48. The molecular formula is C20H24ClFN2O2. The molecule has 0 spiro atoms. The number of aliphatic hydroxyl groups is 1. The molecule has 4 nitrogen and oxygen atoms in total. The number of β-amino-alcohol motifs (C(OH)–C–C–N with tert-alkyl or cyclic N) is 1. The van der Waals surface area contributed by atoms with E-state index in [4.69, 9.17) is 16.3 Å². The van der Waals surface area contributed by atoms with Gasteiger partial charge < -0.3 is 9.84 Å². The van der Waals surface area contributed by atoms with Crippen LogP contribution in [-0.4, -0.2) is 60.3 Å². The van der Waals surface area contributed by atoms with Crippen molar-refractivity contribution in [3.63, 3.8) is 0 Å². The number of aliphatic hydroxyl groups excluding tert-OH is 1. The number of benzene rings is 2. The van der Waals surface area contributed by atoms with Crippen LogP contribution in [0, 0.1) is 5.82 Å². The molecule has 1 N–H and O–H groups in total. The number of hydrogen-bond acceptors (Lipinski definition) is 4. The molecular weight excluding hydrogens is 355 g/mol. The zero-order valence-electron chi connectivity index (χ0n) is 14.7. The van der Waals surface area contributed by atoms with Crippen molar-refractivity contribution in [3.05, 3.63) is 64.9 Å². The van der Waals surface area contributed by atoms with Crippen LogP contribution in [0.15, 0.2) is 48.5 Å². The van der Waals surface area contributed by atoms with Crippen LogP contribution in [-0.2, 0) is 6.54 Å². The first-order valence-electron chi connectivity index (χ1n) is 8.85. The third-order valence-corrected chi connectivity index (χ3v) is 4.77. The van der Waals surface area contributed by atoms with Crippen LogP contribution in [0.25, 0.3) is 0 Å². The van der Waals surface area contributed by atoms with Crippen molar-refractivity contribution in [1.82, 2.24) is 9.80 Å². The fourth-order valence-corrected chi connectivity index (χ4v) is 3.20. The van der Waals surface area contributed by atoms with Gasteiger partial charge in [-0.1, -0.05) is 35.9 Å². The predicted octanol–water partition coefficient (Wildman–Crippen LogP) is 3.04. The van der Waals surface area contributed by atoms with Crippen molar-refractivity contribution >= 4 is 11.6 Å². The molecule has 6 heteroatoms. The molecule has 0 radical (unpaired) electrons. The zero-order chi connectivity index (χ0) is 18.4. The number of hydrogen-bond donors (Lipinski definition) is 1. The summed E-state index contributed by atoms with van der Waals surface area (Å²) in [7, 11) is 0. The van der Waals surface area contributed by atoms with Crippen molar-refractivity contribution in [3.8, 4) is 5.75 Å². The Morgan fingerprint density at radius 2 is 1.65 bits per heavy atom. The molecule has 1 saturated heterocycles. The molecule has 0 saturated carbocycles. The summed E-state index contributed by atoms with van der Waals surface area (Å²) in [5.41, 5.74) is 1.25. The lowest BCUT2D eigenvalue weighted by atomic mass is 10.2. The summed E-state index contributed by atoms with van der Waals surface area (Å²) in [6.07, 6.45) is -0.641. The van der Waals surface area contributed by atoms with Crippen molar-refractivity contribution in [2.75, 3.05) is 39.3 Å². The molecule has 1 heterocycles. The monoisotopic (exact) mass is 378 g/mol. The van der Waals surface area contributed by atoms with Gasteiger partial charge in [0, 0.05) is 44.3 Å². The van der Waals surface area contributed by atoms with E-state index in [2.05, 4.69) is 21.9 Å². The second-order valence-electron chi connectivity index (χ2n) is 6.60. The Kier molecular flexibility index (Phi) is 6.86. The third-order valence-electron chi connectivity index (χ3n) is 4.52. The Labute approximate surface area is 158 Å². The number of para-hydroxylation sites is 1. The van der Waals surface area contributed by atoms with E-state index in [1.54, 1.807) is 18.2 Å². The van der Waals surface area contributed by atoms with Gasteiger partial charge in [0.25, 0.3) is 0 Å². The van der Waals surface area contributed by atoms with Crippen LogP contribution < -0.4 is 4.74 Å². The lowest BCUT2D eigenvalue weighted by molar-refractivity contribution is 0.0437. The van der Waals surface area contributed by atoms with E-state index in [0.717, 1.165) is 37.7 Å². The van der Waals surface area contributed by atoms with Gasteiger partial charge in [0.2, 0.25) is 0 Å². The van der Waals surface area contributed by atoms with Crippen LogP contribution in [0.5, 0.6) is 5.75 Å². The topological polar surface area (TPSA) is 35.9 Å². The van der Waals surface area contributed by atoms with Gasteiger partial charge in [-0.3, -0.25) is 9.80 Å². The van der Waals surface area contributed by atoms with Crippen molar-refractivity contribution in [2.45, 2.75) is 12.6 Å². The second kappa shape index (κ2) is 9.33. The molecule has 0 bridgehead atoms. The maximum absolute atomic E-state index is 13.5. The van der Waals surface area contributed by atoms with Gasteiger partial charge in [0.05, 0.1) is 0 Å². The highest BCUT2D eigenvalue weighted by atomic mass is 35.5. The fourth-order valence-electron chi connectivity index (χ4n) is 3.08. The fraction of sp³-hybridized carbons (Fsp3) is 0.400. The van der Waals surface area contributed by atoms with Crippen molar-refractivity contribution in [1.29, 1.82) is 0 Å². The first-order chi connectivity index (χ1) is 12.6. The Morgan fingerprint density at radius 1 is 1.00 bits per heavy atom. The molecule has 1 atom stereocenters. The largest absolute Gasteiger partial charge is 0.488 e. The number of halogens is 2. The number of piperazine rings is 1. The highest BCUT2D eigenvalue weighted by Gasteiger charge is 2.19. The minimum atomic E-state index is -0.641. The first-order valence-corrected chi connectivity index (χ1v) is 9.22. The van der Waals surface area contributed by atoms with E-state index in [-0.39, 0.29) is 12.4 Å². The summed E-state index contributed by atoms with van der Waals surface area (Å²) < 4.78 is 18.9. The Hall–Kier alpha value is -1.66. The lowest BCUT2D eigenvalue weighted by Gasteiger charge is -2.35. The molecule has 0 unspecified atom stereocenters. The van der Waals surface area contributed by atoms with Crippen molar-refractivity contribution < 1.29 is 14.2 Å². The molecule has 1 aliphatic rings. The average Bonchev–Trinajstić information content (AvgIpc) is 2.64. The second-order valence-corrected chi connectivity index (χ2v) is 7.03. The van der Waals surface area contributed by atoms with Crippen molar-refractivity contribution in [2.24, 2.45) is 0 Å². The van der Waals surface area contributed by atoms with E-state index < -0.39 is 11.9 Å². The van der Waals surface area contributed by atoms with E-state index in [9.17, 15) is 9.50 Å². The summed E-state index contributed by atoms with van der Waals surface area (Å²) in [5, 5.41) is 10.9. The van der Waals surface area contributed by atoms with Crippen LogP contribution in [0.4, 0.5) is 4.39 Å². The molecule has 2 aromatic carbocycles. The highest BCUT2D eigenvalue weighted by molar-refractivity contribution is 6.30. The Bertz CT molecular complexity index is 690. The SMILES string of the molecule is O[C@H](COc1ccccc1F)CN1CCN(Cc2ccc(Cl)cc2)CC1. The molecule has 26 heavy (non-hydrogen) atoms. The number of rotatable bonds is 7. The zero-order valence-corrected chi connectivity index (χ0v) is 15.4. The smallest absolute Gasteiger partial charge is 0.165 e. The molecule has 2 aromatic rings. The average molecular weight is 379 g/mol. The molecule has 3 rings (SSSR count). The van der Waals surface area contributed by atoms with Gasteiger partial charge in [-0.2, -0.15) is 0 Å². The Morgan fingerprint density at radius 3 is 2.35 bits per heavy atom. The molecule has 140 valence electrons. The standard InChI is InChI=1S/C20H24ClFN2O2/c21-17-7-5-16(6-8-17)13-23-9-11-24(12-10-23)14-18(25)15-26-20-4-2-1-3-19(20)22/h1-8,18,25H,9-15H2/t18-/m0/s1. The molecule has 1 aliphatic heterocycles. The van der Waals surface area contributed by atoms with E-state index in [1.165, 1.54) is 11.6 Å². The van der Waals surface area contributed by atoms with E-state index >= 15 is 0 Å². The minimum Gasteiger partial charge on any atom is -0.488 e. The van der Waals surface area contributed by atoms with Gasteiger partial charge in [-0.15, -0.1) is 0 Å². The normalized spacial score (nSPS) is 17.2. The predicted molar refractivity (Wildman–Crippen MR) is 101 cm³/mol. The van der Waals surface area contributed by atoms with Crippen LogP contribution in [0.3, 0.4) is 0 Å². The minimum absolute atomic E-state index is 0.0892. The Balaban J connectivity index is 1.38.